The summed E-state index contributed by atoms with van der Waals surface area (Å²) in [5, 5.41) is 3.09. The maximum Gasteiger partial charge on any atom is 0.240 e. The van der Waals surface area contributed by atoms with Gasteiger partial charge in [0.2, 0.25) is 10.0 Å². The number of hydrogen-bond acceptors (Lipinski definition) is 3. The minimum Gasteiger partial charge on any atom is -0.317 e. The van der Waals surface area contributed by atoms with Crippen LogP contribution in [0.5, 0.6) is 0 Å². The van der Waals surface area contributed by atoms with Gasteiger partial charge >= 0.3 is 0 Å². The van der Waals surface area contributed by atoms with Gasteiger partial charge in [0.25, 0.3) is 0 Å². The van der Waals surface area contributed by atoms with Gasteiger partial charge in [-0.3, -0.25) is 0 Å². The summed E-state index contributed by atoms with van der Waals surface area (Å²) in [6.07, 6.45) is 0.688. The van der Waals surface area contributed by atoms with Crippen molar-refractivity contribution in [1.29, 1.82) is 0 Å². The minimum absolute atomic E-state index is 0.244. The van der Waals surface area contributed by atoms with E-state index in [9.17, 15) is 8.42 Å². The van der Waals surface area contributed by atoms with Crippen LogP contribution in [0.3, 0.4) is 0 Å². The number of nitrogens with one attached hydrogen (secondary N) is 2. The summed E-state index contributed by atoms with van der Waals surface area (Å²) in [6.45, 7) is 2.02. The molecule has 0 aliphatic heterocycles. The van der Waals surface area contributed by atoms with Crippen molar-refractivity contribution in [3.05, 3.63) is 29.8 Å². The Morgan fingerprint density at radius 1 is 1.25 bits per heavy atom. The molecule has 1 atom stereocenters. The molecule has 0 heterocycles. The van der Waals surface area contributed by atoms with Crippen molar-refractivity contribution < 1.29 is 8.42 Å². The molecular formula is C11H18N2O2S. The number of rotatable bonds is 5. The third-order valence-corrected chi connectivity index (χ3v) is 4.06. The first-order valence-electron chi connectivity index (χ1n) is 5.20. The summed E-state index contributed by atoms with van der Waals surface area (Å²) in [7, 11) is -0.0753. The highest BCUT2D eigenvalue weighted by atomic mass is 32.2. The lowest BCUT2D eigenvalue weighted by Gasteiger charge is -2.13. The Kier molecular flexibility index (Phi) is 4.46. The van der Waals surface area contributed by atoms with E-state index in [2.05, 4.69) is 10.0 Å². The van der Waals surface area contributed by atoms with Gasteiger partial charge in [-0.15, -0.1) is 0 Å². The maximum atomic E-state index is 11.8. The average Bonchev–Trinajstić information content (AvgIpc) is 2.29. The van der Waals surface area contributed by atoms with Crippen LogP contribution in [-0.2, 0) is 16.4 Å². The maximum absolute atomic E-state index is 11.8. The van der Waals surface area contributed by atoms with Gasteiger partial charge in [0.05, 0.1) is 4.90 Å². The van der Waals surface area contributed by atoms with Gasteiger partial charge in [0, 0.05) is 6.04 Å². The van der Waals surface area contributed by atoms with Crippen LogP contribution in [0, 0.1) is 0 Å². The quantitative estimate of drug-likeness (QED) is 0.801. The van der Waals surface area contributed by atoms with Crippen molar-refractivity contribution in [2.75, 3.05) is 14.1 Å². The van der Waals surface area contributed by atoms with Gasteiger partial charge in [0.1, 0.15) is 0 Å². The molecule has 0 aromatic heterocycles. The van der Waals surface area contributed by atoms with E-state index in [0.29, 0.717) is 11.3 Å². The first kappa shape index (κ1) is 13.2. The Hall–Kier alpha value is -0.910. The first-order chi connectivity index (χ1) is 7.51. The topological polar surface area (TPSA) is 58.2 Å². The second kappa shape index (κ2) is 5.43. The molecule has 0 bridgehead atoms. The van der Waals surface area contributed by atoms with Gasteiger partial charge in [-0.05, 0) is 39.1 Å². The second-order valence-electron chi connectivity index (χ2n) is 3.71. The van der Waals surface area contributed by atoms with Crippen molar-refractivity contribution >= 4 is 10.0 Å². The molecule has 0 saturated heterocycles. The van der Waals surface area contributed by atoms with Crippen molar-refractivity contribution in [1.82, 2.24) is 10.0 Å². The molecule has 1 aromatic rings. The molecule has 1 aromatic carbocycles. The lowest BCUT2D eigenvalue weighted by atomic mass is 10.1. The van der Waals surface area contributed by atoms with Crippen LogP contribution >= 0.6 is 0 Å². The van der Waals surface area contributed by atoms with Crippen molar-refractivity contribution in [2.45, 2.75) is 24.3 Å². The van der Waals surface area contributed by atoms with Crippen LogP contribution in [0.25, 0.3) is 0 Å². The van der Waals surface area contributed by atoms with E-state index < -0.39 is 10.0 Å². The van der Waals surface area contributed by atoms with E-state index in [1.165, 1.54) is 7.05 Å². The molecule has 0 radical (unpaired) electrons. The van der Waals surface area contributed by atoms with Crippen molar-refractivity contribution in [2.24, 2.45) is 0 Å². The van der Waals surface area contributed by atoms with Gasteiger partial charge < -0.3 is 5.32 Å². The predicted octanol–water partition coefficient (Wildman–Crippen LogP) is 0.745. The normalized spacial score (nSPS) is 13.7. The number of sulfonamides is 1. The number of benzene rings is 1. The fraction of sp³-hybridized carbons (Fsp3) is 0.455. The molecule has 0 aliphatic carbocycles. The van der Waals surface area contributed by atoms with E-state index in [1.807, 2.05) is 26.1 Å². The summed E-state index contributed by atoms with van der Waals surface area (Å²) < 4.78 is 25.9. The predicted molar refractivity (Wildman–Crippen MR) is 64.9 cm³/mol. The second-order valence-corrected chi connectivity index (χ2v) is 5.56. The van der Waals surface area contributed by atoms with Crippen LogP contribution in [-0.4, -0.2) is 28.6 Å². The molecule has 5 heteroatoms. The zero-order valence-corrected chi connectivity index (χ0v) is 10.6. The minimum atomic E-state index is -3.36. The van der Waals surface area contributed by atoms with Crippen LogP contribution in [0.4, 0.5) is 0 Å². The molecule has 0 amide bonds. The Balaban J connectivity index is 3.11. The monoisotopic (exact) mass is 242 g/mol. The van der Waals surface area contributed by atoms with Crippen LogP contribution in [0.1, 0.15) is 12.5 Å². The van der Waals surface area contributed by atoms with Gasteiger partial charge in [-0.2, -0.15) is 0 Å². The Labute approximate surface area is 97.1 Å². The third-order valence-electron chi connectivity index (χ3n) is 2.55. The lowest BCUT2D eigenvalue weighted by molar-refractivity contribution is 0.579. The zero-order chi connectivity index (χ0) is 12.2. The van der Waals surface area contributed by atoms with Crippen LogP contribution in [0.2, 0.25) is 0 Å². The smallest absolute Gasteiger partial charge is 0.240 e. The highest BCUT2D eigenvalue weighted by molar-refractivity contribution is 7.89. The molecule has 0 spiro atoms. The highest BCUT2D eigenvalue weighted by Gasteiger charge is 2.16. The van der Waals surface area contributed by atoms with Crippen LogP contribution < -0.4 is 10.0 Å². The zero-order valence-electron chi connectivity index (χ0n) is 9.82. The van der Waals surface area contributed by atoms with E-state index in [4.69, 9.17) is 0 Å². The van der Waals surface area contributed by atoms with Crippen molar-refractivity contribution in [3.63, 3.8) is 0 Å². The summed E-state index contributed by atoms with van der Waals surface area (Å²) in [6, 6.07) is 7.30. The number of hydrogen-bond donors (Lipinski definition) is 2. The van der Waals surface area contributed by atoms with Gasteiger partial charge in [-0.1, -0.05) is 18.2 Å². The van der Waals surface area contributed by atoms with E-state index in [-0.39, 0.29) is 6.04 Å². The summed E-state index contributed by atoms with van der Waals surface area (Å²) in [5.74, 6) is 0. The lowest BCUT2D eigenvalue weighted by Crippen LogP contribution is -2.26. The first-order valence-corrected chi connectivity index (χ1v) is 6.68. The average molecular weight is 242 g/mol. The van der Waals surface area contributed by atoms with E-state index in [0.717, 1.165) is 5.56 Å². The molecular weight excluding hydrogens is 224 g/mol. The van der Waals surface area contributed by atoms with Crippen molar-refractivity contribution in [3.8, 4) is 0 Å². The molecule has 16 heavy (non-hydrogen) atoms. The third kappa shape index (κ3) is 3.04. The molecule has 90 valence electrons. The molecule has 0 saturated carbocycles. The Morgan fingerprint density at radius 3 is 2.44 bits per heavy atom. The fourth-order valence-electron chi connectivity index (χ4n) is 1.48. The number of likely N-dealkylation sites (N-methyl/N-ethyl adjacent to an activating group) is 1. The molecule has 1 unspecified atom stereocenters. The molecule has 0 fully saturated rings. The Morgan fingerprint density at radius 2 is 1.88 bits per heavy atom. The molecule has 0 aliphatic rings. The highest BCUT2D eigenvalue weighted by Crippen LogP contribution is 2.16. The van der Waals surface area contributed by atoms with E-state index >= 15 is 0 Å². The molecule has 2 N–H and O–H groups in total. The summed E-state index contributed by atoms with van der Waals surface area (Å²) >= 11 is 0. The SMILES string of the molecule is CNC(C)Cc1ccccc1S(=O)(=O)NC. The summed E-state index contributed by atoms with van der Waals surface area (Å²) in [5.41, 5.74) is 0.832. The largest absolute Gasteiger partial charge is 0.317 e. The Bertz CT molecular complexity index is 443. The van der Waals surface area contributed by atoms with E-state index in [1.54, 1.807) is 12.1 Å². The van der Waals surface area contributed by atoms with Gasteiger partial charge in [-0.25, -0.2) is 13.1 Å². The summed E-state index contributed by atoms with van der Waals surface area (Å²) in [4.78, 5) is 0.361. The molecule has 4 nitrogen and oxygen atoms in total. The van der Waals surface area contributed by atoms with Crippen LogP contribution in [0.15, 0.2) is 29.2 Å². The fourth-order valence-corrected chi connectivity index (χ4v) is 2.45. The molecule has 1 rings (SSSR count). The van der Waals surface area contributed by atoms with Gasteiger partial charge in [0.15, 0.2) is 0 Å². The standard InChI is InChI=1S/C11H18N2O2S/c1-9(12-2)8-10-6-4-5-7-11(10)16(14,15)13-3/h4-7,9,12-13H,8H2,1-3H3.